The van der Waals surface area contributed by atoms with Gasteiger partial charge in [0.05, 0.1) is 0 Å². The van der Waals surface area contributed by atoms with Gasteiger partial charge in [-0.1, -0.05) is 13.8 Å². The van der Waals surface area contributed by atoms with Crippen molar-refractivity contribution >= 4 is 0 Å². The van der Waals surface area contributed by atoms with Crippen molar-refractivity contribution in [3.8, 4) is 0 Å². The number of rotatable bonds is 0. The van der Waals surface area contributed by atoms with E-state index in [-0.39, 0.29) is 24.5 Å². The molecule has 1 aromatic carbocycles. The summed E-state index contributed by atoms with van der Waals surface area (Å²) in [7, 11) is 0. The van der Waals surface area contributed by atoms with E-state index >= 15 is 0 Å². The Labute approximate surface area is 68.1 Å². The van der Waals surface area contributed by atoms with Crippen LogP contribution in [0.3, 0.4) is 0 Å². The summed E-state index contributed by atoms with van der Waals surface area (Å²) < 4.78 is 0. The summed E-state index contributed by atoms with van der Waals surface area (Å²) >= 11 is 0. The van der Waals surface area contributed by atoms with E-state index in [0.717, 1.165) is 0 Å². The summed E-state index contributed by atoms with van der Waals surface area (Å²) in [5.41, 5.74) is 2.78. The molecule has 0 aliphatic heterocycles. The average molecular weight is 164 g/mol. The van der Waals surface area contributed by atoms with Crippen LogP contribution in [-0.4, -0.2) is 0 Å². The molecular weight excluding hydrogens is 152 g/mol. The predicted molar refractivity (Wildman–Crippen MR) is 37.9 cm³/mol. The smallest absolute Gasteiger partial charge is 0.358 e. The normalized spacial score (nSPS) is 7.33. The zero-order chi connectivity index (χ0) is 5.28. The van der Waals surface area contributed by atoms with Gasteiger partial charge in [-0.05, 0) is 0 Å². The predicted octanol–water partition coefficient (Wildman–Crippen LogP) is 2.47. The monoisotopic (exact) mass is 164 g/mol. The quantitative estimate of drug-likeness (QED) is 0.408. The fraction of sp³-hybridized carbons (Fsp3) is 0.250. The van der Waals surface area contributed by atoms with Crippen molar-refractivity contribution in [2.75, 3.05) is 0 Å². The molecule has 0 atom stereocenters. The molecule has 0 fully saturated rings. The molecule has 0 unspecified atom stereocenters. The Balaban J connectivity index is 0. The molecule has 1 rings (SSSR count). The number of aryl methyl sites for hydroxylation is 2. The van der Waals surface area contributed by atoms with E-state index in [2.05, 4.69) is 32.0 Å². The van der Waals surface area contributed by atoms with Crippen LogP contribution in [0.1, 0.15) is 11.1 Å². The fourth-order valence-corrected chi connectivity index (χ4v) is 0.600. The second kappa shape index (κ2) is 4.72. The van der Waals surface area contributed by atoms with Crippen molar-refractivity contribution in [3.63, 3.8) is 0 Å². The van der Waals surface area contributed by atoms with Gasteiger partial charge in [0.1, 0.15) is 0 Å². The standard InChI is InChI=1S/C7H9.CH3.Fe/c1-6-4-3-5-7(6)2;;/h3-5H,1-2H3;1H3;/q2*-1;+2. The van der Waals surface area contributed by atoms with Crippen molar-refractivity contribution in [2.45, 2.75) is 13.8 Å². The molecule has 52 valence electrons. The second-order valence-corrected chi connectivity index (χ2v) is 1.89. The van der Waals surface area contributed by atoms with Crippen LogP contribution in [0.2, 0.25) is 0 Å². The maximum Gasteiger partial charge on any atom is 2.00 e. The molecule has 0 nitrogen and oxygen atoms in total. The fourth-order valence-electron chi connectivity index (χ4n) is 0.600. The van der Waals surface area contributed by atoms with Crippen molar-refractivity contribution in [1.82, 2.24) is 0 Å². The third-order valence-corrected chi connectivity index (χ3v) is 1.31. The molecule has 0 heterocycles. The molecule has 0 N–H and O–H groups in total. The van der Waals surface area contributed by atoms with E-state index in [1.807, 2.05) is 0 Å². The van der Waals surface area contributed by atoms with Crippen molar-refractivity contribution in [2.24, 2.45) is 0 Å². The molecule has 0 radical (unpaired) electrons. The van der Waals surface area contributed by atoms with E-state index in [1.165, 1.54) is 11.1 Å². The SMILES string of the molecule is Cc1ccc[c-]1C.[CH3-].[Fe+2]. The van der Waals surface area contributed by atoms with Crippen LogP contribution in [0.25, 0.3) is 0 Å². The zero-order valence-corrected chi connectivity index (χ0v) is 7.19. The van der Waals surface area contributed by atoms with E-state index in [0.29, 0.717) is 0 Å². The summed E-state index contributed by atoms with van der Waals surface area (Å²) in [6.07, 6.45) is 0. The third kappa shape index (κ3) is 2.78. The molecule has 9 heavy (non-hydrogen) atoms. The van der Waals surface area contributed by atoms with E-state index in [4.69, 9.17) is 0 Å². The Hall–Kier alpha value is -0.131. The summed E-state index contributed by atoms with van der Waals surface area (Å²) in [5.74, 6) is 0. The van der Waals surface area contributed by atoms with E-state index in [9.17, 15) is 0 Å². The molecule has 0 saturated carbocycles. The first-order chi connectivity index (χ1) is 3.30. The van der Waals surface area contributed by atoms with Gasteiger partial charge in [0.25, 0.3) is 0 Å². The van der Waals surface area contributed by atoms with Gasteiger partial charge in [-0.3, -0.25) is 0 Å². The maximum absolute atomic E-state index is 2.12. The molecule has 0 aromatic heterocycles. The first-order valence-corrected chi connectivity index (χ1v) is 2.49. The van der Waals surface area contributed by atoms with Crippen LogP contribution in [0.4, 0.5) is 0 Å². The van der Waals surface area contributed by atoms with Crippen molar-refractivity contribution in [1.29, 1.82) is 0 Å². The Morgan fingerprint density at radius 3 is 2.11 bits per heavy atom. The Kier molecular flexibility index (Phi) is 6.11. The van der Waals surface area contributed by atoms with E-state index < -0.39 is 0 Å². The summed E-state index contributed by atoms with van der Waals surface area (Å²) in [6, 6.07) is 6.31. The summed E-state index contributed by atoms with van der Waals surface area (Å²) in [4.78, 5) is 0. The zero-order valence-electron chi connectivity index (χ0n) is 6.09. The maximum atomic E-state index is 2.12. The van der Waals surface area contributed by atoms with Gasteiger partial charge in [0.2, 0.25) is 0 Å². The molecule has 0 saturated heterocycles. The molecular formula is C8H12Fe. The van der Waals surface area contributed by atoms with Gasteiger partial charge in [0.15, 0.2) is 0 Å². The molecule has 0 amide bonds. The topological polar surface area (TPSA) is 0 Å². The van der Waals surface area contributed by atoms with Gasteiger partial charge in [-0.25, -0.2) is 12.1 Å². The average Bonchev–Trinajstić information content (AvgIpc) is 1.91. The molecule has 0 bridgehead atoms. The first-order valence-electron chi connectivity index (χ1n) is 2.49. The largest absolute Gasteiger partial charge is 2.00 e. The van der Waals surface area contributed by atoms with Crippen LogP contribution in [-0.2, 0) is 17.1 Å². The summed E-state index contributed by atoms with van der Waals surface area (Å²) in [5, 5.41) is 0. The van der Waals surface area contributed by atoms with Gasteiger partial charge >= 0.3 is 17.1 Å². The van der Waals surface area contributed by atoms with Gasteiger partial charge in [0, 0.05) is 0 Å². The summed E-state index contributed by atoms with van der Waals surface area (Å²) in [6.45, 7) is 4.24. The number of hydrogen-bond donors (Lipinski definition) is 0. The third-order valence-electron chi connectivity index (χ3n) is 1.31. The molecule has 1 heteroatoms. The van der Waals surface area contributed by atoms with Crippen LogP contribution in [0.15, 0.2) is 18.2 Å². The number of hydrogen-bond acceptors (Lipinski definition) is 0. The first kappa shape index (κ1) is 11.6. The Morgan fingerprint density at radius 1 is 1.44 bits per heavy atom. The molecule has 0 aliphatic carbocycles. The Bertz CT molecular complexity index is 137. The van der Waals surface area contributed by atoms with Crippen LogP contribution < -0.4 is 0 Å². The minimum absolute atomic E-state index is 0. The molecule has 1 aromatic rings. The van der Waals surface area contributed by atoms with Gasteiger partial charge in [-0.15, -0.1) is 0 Å². The van der Waals surface area contributed by atoms with Crippen LogP contribution in [0, 0.1) is 21.3 Å². The minimum Gasteiger partial charge on any atom is -0.358 e. The van der Waals surface area contributed by atoms with Gasteiger partial charge < -0.3 is 7.43 Å². The van der Waals surface area contributed by atoms with Crippen LogP contribution in [0.5, 0.6) is 0 Å². The molecule has 0 aliphatic rings. The van der Waals surface area contributed by atoms with Gasteiger partial charge in [-0.2, -0.15) is 17.2 Å². The van der Waals surface area contributed by atoms with Crippen molar-refractivity contribution in [3.05, 3.63) is 36.8 Å². The van der Waals surface area contributed by atoms with E-state index in [1.54, 1.807) is 0 Å². The second-order valence-electron chi connectivity index (χ2n) is 1.89. The molecule has 0 spiro atoms. The van der Waals surface area contributed by atoms with Crippen molar-refractivity contribution < 1.29 is 17.1 Å². The van der Waals surface area contributed by atoms with Crippen LogP contribution >= 0.6 is 0 Å². The Morgan fingerprint density at radius 2 is 2.00 bits per heavy atom. The minimum atomic E-state index is 0.